The number of urea groups is 1. The van der Waals surface area contributed by atoms with Crippen molar-refractivity contribution in [3.05, 3.63) is 0 Å². The number of aliphatic hydroxyl groups excluding tert-OH is 1. The summed E-state index contributed by atoms with van der Waals surface area (Å²) in [5, 5.41) is 19.9. The minimum atomic E-state index is -1.23. The van der Waals surface area contributed by atoms with E-state index in [0.717, 1.165) is 19.3 Å². The summed E-state index contributed by atoms with van der Waals surface area (Å²) in [4.78, 5) is 24.1. The highest BCUT2D eigenvalue weighted by Crippen LogP contribution is 2.33. The van der Waals surface area contributed by atoms with E-state index in [4.69, 9.17) is 10.2 Å². The van der Waals surface area contributed by atoms with Crippen LogP contribution in [0, 0.1) is 5.41 Å². The van der Waals surface area contributed by atoms with Gasteiger partial charge in [-0.3, -0.25) is 0 Å². The summed E-state index contributed by atoms with van der Waals surface area (Å²) >= 11 is 0. The number of amides is 2. The molecule has 1 fully saturated rings. The molecule has 18 heavy (non-hydrogen) atoms. The highest BCUT2D eigenvalue weighted by molar-refractivity contribution is 5.82. The fourth-order valence-corrected chi connectivity index (χ4v) is 2.03. The van der Waals surface area contributed by atoms with E-state index in [0.29, 0.717) is 13.1 Å². The van der Waals surface area contributed by atoms with Gasteiger partial charge in [-0.05, 0) is 18.3 Å². The predicted molar refractivity (Wildman–Crippen MR) is 66.2 cm³/mol. The molecule has 0 radical (unpaired) electrons. The van der Waals surface area contributed by atoms with Gasteiger partial charge in [-0.1, -0.05) is 20.3 Å². The first kappa shape index (κ1) is 14.8. The summed E-state index contributed by atoms with van der Waals surface area (Å²) in [6.07, 6.45) is 2.93. The van der Waals surface area contributed by atoms with E-state index in [1.807, 2.05) is 0 Å². The summed E-state index contributed by atoms with van der Waals surface area (Å²) in [7, 11) is 0. The number of carboxylic acid groups (broad SMARTS) is 1. The van der Waals surface area contributed by atoms with Crippen LogP contribution in [-0.4, -0.2) is 52.9 Å². The number of carbonyl (C=O) groups excluding carboxylic acids is 1. The normalized spacial score (nSPS) is 20.3. The highest BCUT2D eigenvalue weighted by atomic mass is 16.4. The molecule has 1 aliphatic heterocycles. The lowest BCUT2D eigenvalue weighted by Crippen LogP contribution is -2.52. The van der Waals surface area contributed by atoms with Crippen molar-refractivity contribution in [2.45, 2.75) is 39.2 Å². The van der Waals surface area contributed by atoms with Crippen LogP contribution in [0.4, 0.5) is 4.79 Å². The third-order valence-corrected chi connectivity index (χ3v) is 3.89. The van der Waals surface area contributed by atoms with Gasteiger partial charge in [-0.15, -0.1) is 0 Å². The lowest BCUT2D eigenvalue weighted by atomic mass is 9.78. The van der Waals surface area contributed by atoms with Crippen molar-refractivity contribution in [2.75, 3.05) is 19.7 Å². The molecule has 1 rings (SSSR count). The Morgan fingerprint density at radius 3 is 2.33 bits per heavy atom. The van der Waals surface area contributed by atoms with Gasteiger partial charge in [-0.2, -0.15) is 0 Å². The topological polar surface area (TPSA) is 89.9 Å². The van der Waals surface area contributed by atoms with Gasteiger partial charge < -0.3 is 20.4 Å². The molecule has 0 aliphatic carbocycles. The number of piperidine rings is 1. The fraction of sp³-hybridized carbons (Fsp3) is 0.833. The number of aliphatic hydroxyl groups is 1. The second kappa shape index (κ2) is 6.04. The van der Waals surface area contributed by atoms with Gasteiger partial charge in [0.25, 0.3) is 0 Å². The number of hydrogen-bond donors (Lipinski definition) is 3. The molecule has 1 heterocycles. The molecule has 3 N–H and O–H groups in total. The van der Waals surface area contributed by atoms with Gasteiger partial charge in [0, 0.05) is 13.1 Å². The average molecular weight is 258 g/mol. The molecule has 6 nitrogen and oxygen atoms in total. The second-order valence-corrected chi connectivity index (χ2v) is 5.17. The summed E-state index contributed by atoms with van der Waals surface area (Å²) in [5.41, 5.74) is 0.278. The Hall–Kier alpha value is -1.30. The quantitative estimate of drug-likeness (QED) is 0.690. The van der Waals surface area contributed by atoms with Crippen molar-refractivity contribution >= 4 is 12.0 Å². The maximum atomic E-state index is 11.8. The Morgan fingerprint density at radius 2 is 1.94 bits per heavy atom. The Morgan fingerprint density at radius 1 is 1.39 bits per heavy atom. The third kappa shape index (κ3) is 3.60. The Balaban J connectivity index is 2.47. The van der Waals surface area contributed by atoms with E-state index in [1.165, 1.54) is 0 Å². The summed E-state index contributed by atoms with van der Waals surface area (Å²) < 4.78 is 0. The molecule has 1 saturated heterocycles. The van der Waals surface area contributed by atoms with Crippen LogP contribution in [0.15, 0.2) is 0 Å². The van der Waals surface area contributed by atoms with Gasteiger partial charge in [0.1, 0.15) is 0 Å². The zero-order chi connectivity index (χ0) is 13.8. The average Bonchev–Trinajstić information content (AvgIpc) is 2.36. The summed E-state index contributed by atoms with van der Waals surface area (Å²) in [6.45, 7) is 5.02. The molecular formula is C12H22N2O4. The van der Waals surface area contributed by atoms with Crippen LogP contribution in [0.5, 0.6) is 0 Å². The van der Waals surface area contributed by atoms with Crippen molar-refractivity contribution in [3.63, 3.8) is 0 Å². The van der Waals surface area contributed by atoms with Crippen molar-refractivity contribution in [3.8, 4) is 0 Å². The van der Waals surface area contributed by atoms with Crippen LogP contribution < -0.4 is 5.32 Å². The molecule has 0 bridgehead atoms. The van der Waals surface area contributed by atoms with Gasteiger partial charge in [0.2, 0.25) is 0 Å². The largest absolute Gasteiger partial charge is 0.480 e. The van der Waals surface area contributed by atoms with Gasteiger partial charge in [0.15, 0.2) is 6.04 Å². The molecule has 104 valence electrons. The van der Waals surface area contributed by atoms with Crippen molar-refractivity contribution in [1.82, 2.24) is 10.2 Å². The number of nitrogens with one attached hydrogen (secondary N) is 1. The zero-order valence-electron chi connectivity index (χ0n) is 11.0. The highest BCUT2D eigenvalue weighted by Gasteiger charge is 2.31. The molecule has 0 aromatic heterocycles. The van der Waals surface area contributed by atoms with Crippen LogP contribution in [0.1, 0.15) is 33.1 Å². The van der Waals surface area contributed by atoms with E-state index in [-0.39, 0.29) is 5.41 Å². The molecule has 0 aromatic rings. The molecule has 0 spiro atoms. The minimum Gasteiger partial charge on any atom is -0.480 e. The van der Waals surface area contributed by atoms with Gasteiger partial charge in [-0.25, -0.2) is 9.59 Å². The molecule has 1 atom stereocenters. The first-order valence-corrected chi connectivity index (χ1v) is 6.31. The Bertz CT molecular complexity index is 311. The Labute approximate surface area is 107 Å². The number of rotatable bonds is 4. The lowest BCUT2D eigenvalue weighted by Gasteiger charge is -2.39. The number of carboxylic acids is 1. The number of carbonyl (C=O) groups is 2. The molecule has 0 aromatic carbocycles. The van der Waals surface area contributed by atoms with Crippen LogP contribution in [0.3, 0.4) is 0 Å². The molecule has 1 unspecified atom stereocenters. The zero-order valence-corrected chi connectivity index (χ0v) is 11.0. The Kier molecular flexibility index (Phi) is 4.95. The number of hydrogen-bond acceptors (Lipinski definition) is 3. The molecule has 0 saturated carbocycles. The smallest absolute Gasteiger partial charge is 0.328 e. The van der Waals surface area contributed by atoms with Gasteiger partial charge >= 0.3 is 12.0 Å². The number of nitrogens with zero attached hydrogens (tertiary/aromatic N) is 1. The maximum Gasteiger partial charge on any atom is 0.328 e. The molecule has 6 heteroatoms. The van der Waals surface area contributed by atoms with Crippen LogP contribution >= 0.6 is 0 Å². The van der Waals surface area contributed by atoms with Gasteiger partial charge in [0.05, 0.1) is 6.61 Å². The predicted octanol–water partition coefficient (Wildman–Crippen LogP) is 0.654. The molecular weight excluding hydrogens is 236 g/mol. The first-order valence-electron chi connectivity index (χ1n) is 6.31. The number of aliphatic carboxylic acids is 1. The van der Waals surface area contributed by atoms with Crippen LogP contribution in [-0.2, 0) is 4.79 Å². The van der Waals surface area contributed by atoms with Crippen LogP contribution in [0.2, 0.25) is 0 Å². The fourth-order valence-electron chi connectivity index (χ4n) is 2.03. The number of likely N-dealkylation sites (tertiary alicyclic amines) is 1. The maximum absolute atomic E-state index is 11.8. The van der Waals surface area contributed by atoms with Crippen molar-refractivity contribution in [1.29, 1.82) is 0 Å². The monoisotopic (exact) mass is 258 g/mol. The van der Waals surface area contributed by atoms with Crippen molar-refractivity contribution < 1.29 is 19.8 Å². The first-order chi connectivity index (χ1) is 8.41. The summed E-state index contributed by atoms with van der Waals surface area (Å²) in [5.74, 6) is -1.22. The van der Waals surface area contributed by atoms with E-state index in [1.54, 1.807) is 4.90 Å². The third-order valence-electron chi connectivity index (χ3n) is 3.89. The van der Waals surface area contributed by atoms with E-state index in [2.05, 4.69) is 19.2 Å². The standard InChI is InChI=1S/C12H22N2O4/c1-3-12(2)4-6-14(7-5-12)11(18)13-9(8-15)10(16)17/h9,15H,3-8H2,1-2H3,(H,13,18)(H,16,17). The SMILES string of the molecule is CCC1(C)CCN(C(=O)NC(CO)C(=O)O)CC1. The summed E-state index contributed by atoms with van der Waals surface area (Å²) in [6, 6.07) is -1.63. The minimum absolute atomic E-state index is 0.278. The second-order valence-electron chi connectivity index (χ2n) is 5.17. The van der Waals surface area contributed by atoms with Crippen LogP contribution in [0.25, 0.3) is 0 Å². The van der Waals surface area contributed by atoms with Crippen molar-refractivity contribution in [2.24, 2.45) is 5.41 Å². The lowest BCUT2D eigenvalue weighted by molar-refractivity contribution is -0.140. The van der Waals surface area contributed by atoms with E-state index < -0.39 is 24.6 Å². The van der Waals surface area contributed by atoms with E-state index in [9.17, 15) is 9.59 Å². The van der Waals surface area contributed by atoms with E-state index >= 15 is 0 Å². The molecule has 1 aliphatic rings. The molecule has 2 amide bonds.